The summed E-state index contributed by atoms with van der Waals surface area (Å²) >= 11 is 0. The number of aromatic amines is 1. The zero-order valence-corrected chi connectivity index (χ0v) is 18.8. The van der Waals surface area contributed by atoms with Crippen LogP contribution in [0, 0.1) is 6.92 Å². The molecule has 0 unspecified atom stereocenters. The molecule has 0 fully saturated rings. The second kappa shape index (κ2) is 9.71. The molecule has 1 amide bonds. The Morgan fingerprint density at radius 2 is 1.75 bits per heavy atom. The van der Waals surface area contributed by atoms with Gasteiger partial charge < -0.3 is 20.4 Å². The Bertz CT molecular complexity index is 1180. The van der Waals surface area contributed by atoms with Crippen LogP contribution in [0.3, 0.4) is 0 Å². The first-order valence-electron chi connectivity index (χ1n) is 11.0. The van der Waals surface area contributed by atoms with Gasteiger partial charge in [0, 0.05) is 22.8 Å². The van der Waals surface area contributed by atoms with Crippen molar-refractivity contribution >= 4 is 22.5 Å². The number of hydrogen-bond donors (Lipinski definition) is 3. The molecule has 164 valence electrons. The van der Waals surface area contributed by atoms with Crippen LogP contribution in [0.5, 0.6) is 5.75 Å². The highest BCUT2D eigenvalue weighted by molar-refractivity contribution is 5.93. The summed E-state index contributed by atoms with van der Waals surface area (Å²) in [5.74, 6) is 0.967. The number of quaternary nitrogens is 1. The molecule has 32 heavy (non-hydrogen) atoms. The van der Waals surface area contributed by atoms with Crippen molar-refractivity contribution in [1.82, 2.24) is 4.98 Å². The highest BCUT2D eigenvalue weighted by Crippen LogP contribution is 2.30. The summed E-state index contributed by atoms with van der Waals surface area (Å²) < 4.78 is 5.34. The van der Waals surface area contributed by atoms with Gasteiger partial charge >= 0.3 is 0 Å². The molecule has 3 aromatic carbocycles. The molecular weight excluding hydrogens is 398 g/mol. The minimum atomic E-state index is -0.220. The number of rotatable bonds is 8. The first-order valence-corrected chi connectivity index (χ1v) is 11.0. The molecule has 1 heterocycles. The summed E-state index contributed by atoms with van der Waals surface area (Å²) in [5.41, 5.74) is 5.53. The largest absolute Gasteiger partial charge is 0.497 e. The Morgan fingerprint density at radius 1 is 1.03 bits per heavy atom. The van der Waals surface area contributed by atoms with Crippen molar-refractivity contribution in [1.29, 1.82) is 0 Å². The van der Waals surface area contributed by atoms with Gasteiger partial charge in [0.05, 0.1) is 19.6 Å². The van der Waals surface area contributed by atoms with E-state index in [1.54, 1.807) is 7.11 Å². The van der Waals surface area contributed by atoms with Crippen LogP contribution in [-0.4, -0.2) is 30.6 Å². The Morgan fingerprint density at radius 3 is 2.47 bits per heavy atom. The number of hydrogen-bond acceptors (Lipinski definition) is 2. The molecule has 0 saturated carbocycles. The highest BCUT2D eigenvalue weighted by atomic mass is 16.5. The van der Waals surface area contributed by atoms with Crippen LogP contribution < -0.4 is 15.4 Å². The zero-order chi connectivity index (χ0) is 22.5. The second-order valence-corrected chi connectivity index (χ2v) is 8.23. The van der Waals surface area contributed by atoms with Gasteiger partial charge in [0.25, 0.3) is 5.91 Å². The van der Waals surface area contributed by atoms with Gasteiger partial charge in [-0.3, -0.25) is 4.79 Å². The fraction of sp³-hybridized carbons (Fsp3) is 0.222. The fourth-order valence-electron chi connectivity index (χ4n) is 4.00. The number of H-pyrrole nitrogens is 1. The minimum absolute atomic E-state index is 0.00117. The molecule has 5 heteroatoms. The Kier molecular flexibility index (Phi) is 6.57. The van der Waals surface area contributed by atoms with E-state index < -0.39 is 0 Å². The van der Waals surface area contributed by atoms with Gasteiger partial charge in [-0.15, -0.1) is 0 Å². The number of fused-ring (bicyclic) bond motifs is 1. The maximum Gasteiger partial charge on any atom is 0.282 e. The number of nitrogens with one attached hydrogen (secondary N) is 2. The Hall–Kier alpha value is -3.57. The number of anilines is 1. The van der Waals surface area contributed by atoms with Crippen LogP contribution in [0.2, 0.25) is 0 Å². The van der Waals surface area contributed by atoms with E-state index >= 15 is 0 Å². The molecule has 0 spiro atoms. The molecule has 5 nitrogen and oxygen atoms in total. The number of aromatic nitrogens is 1. The number of carbonyl (C=O) groups is 1. The summed E-state index contributed by atoms with van der Waals surface area (Å²) in [6.07, 6.45) is 2.09. The van der Waals surface area contributed by atoms with Gasteiger partial charge in [0.2, 0.25) is 0 Å². The third-order valence-corrected chi connectivity index (χ3v) is 5.97. The predicted molar refractivity (Wildman–Crippen MR) is 129 cm³/mol. The predicted octanol–water partition coefficient (Wildman–Crippen LogP) is 4.21. The van der Waals surface area contributed by atoms with E-state index in [2.05, 4.69) is 52.1 Å². The van der Waals surface area contributed by atoms with E-state index in [1.165, 1.54) is 22.1 Å². The number of amides is 1. The number of aryl methyl sites for hydroxylation is 1. The van der Waals surface area contributed by atoms with Crippen LogP contribution in [0.15, 0.2) is 79.0 Å². The van der Waals surface area contributed by atoms with E-state index in [-0.39, 0.29) is 17.9 Å². The van der Waals surface area contributed by atoms with Crippen LogP contribution in [0.4, 0.5) is 5.69 Å². The van der Waals surface area contributed by atoms with Gasteiger partial charge in [0.15, 0.2) is 6.04 Å². The molecule has 0 bridgehead atoms. The molecule has 0 aliphatic carbocycles. The monoisotopic (exact) mass is 428 g/mol. The van der Waals surface area contributed by atoms with Crippen LogP contribution >= 0.6 is 0 Å². The first-order chi connectivity index (χ1) is 15.5. The fourth-order valence-corrected chi connectivity index (χ4v) is 4.00. The third-order valence-electron chi connectivity index (χ3n) is 5.97. The SMILES string of the molecule is COc1ccc([C@H](C[NH2+][C@H](C)C(=O)Nc2ccc(C)cc2)c2c[nH]c3ccccc23)cc1. The number of ether oxygens (including phenoxy) is 1. The topological polar surface area (TPSA) is 70.7 Å². The minimum Gasteiger partial charge on any atom is -0.497 e. The molecule has 0 saturated heterocycles. The summed E-state index contributed by atoms with van der Waals surface area (Å²) in [6, 6.07) is 24.2. The van der Waals surface area contributed by atoms with Gasteiger partial charge in [-0.1, -0.05) is 48.0 Å². The van der Waals surface area contributed by atoms with Crippen molar-refractivity contribution in [2.24, 2.45) is 0 Å². The quantitative estimate of drug-likeness (QED) is 0.393. The van der Waals surface area contributed by atoms with Gasteiger partial charge in [0.1, 0.15) is 5.75 Å². The molecule has 2 atom stereocenters. The van der Waals surface area contributed by atoms with Gasteiger partial charge in [-0.05, 0) is 55.3 Å². The molecule has 0 aliphatic rings. The third kappa shape index (κ3) is 4.84. The Balaban J connectivity index is 1.53. The number of nitrogens with two attached hydrogens (primary N) is 1. The van der Waals surface area contributed by atoms with Crippen molar-refractivity contribution in [3.63, 3.8) is 0 Å². The van der Waals surface area contributed by atoms with E-state index in [4.69, 9.17) is 4.74 Å². The molecule has 1 aromatic heterocycles. The number of benzene rings is 3. The summed E-state index contributed by atoms with van der Waals surface area (Å²) in [5, 5.41) is 6.34. The van der Waals surface area contributed by atoms with Gasteiger partial charge in [-0.25, -0.2) is 0 Å². The van der Waals surface area contributed by atoms with Crippen molar-refractivity contribution < 1.29 is 14.8 Å². The zero-order valence-electron chi connectivity index (χ0n) is 18.8. The molecule has 4 rings (SSSR count). The summed E-state index contributed by atoms with van der Waals surface area (Å²) in [7, 11) is 1.67. The van der Waals surface area contributed by atoms with Gasteiger partial charge in [-0.2, -0.15) is 0 Å². The molecule has 0 aliphatic heterocycles. The normalized spacial score (nSPS) is 13.0. The molecular formula is C27H30N3O2+. The average Bonchev–Trinajstić information content (AvgIpc) is 3.25. The van der Waals surface area contributed by atoms with E-state index in [0.717, 1.165) is 23.5 Å². The van der Waals surface area contributed by atoms with E-state index in [1.807, 2.05) is 56.3 Å². The number of carbonyl (C=O) groups excluding carboxylic acids is 1. The lowest BCUT2D eigenvalue weighted by atomic mass is 9.90. The van der Waals surface area contributed by atoms with Crippen LogP contribution in [0.1, 0.15) is 29.5 Å². The van der Waals surface area contributed by atoms with E-state index in [0.29, 0.717) is 0 Å². The standard InChI is InChI=1S/C27H29N3O2/c1-18-8-12-21(13-9-18)30-27(31)19(2)28-16-24(20-10-14-22(32-3)15-11-20)25-17-29-26-7-5-4-6-23(25)26/h4-15,17,19,24,28-29H,16H2,1-3H3,(H,30,31)/p+1/t19-,24+/m1/s1. The van der Waals surface area contributed by atoms with Crippen molar-refractivity contribution in [3.05, 3.63) is 95.7 Å². The maximum atomic E-state index is 12.8. The van der Waals surface area contributed by atoms with Crippen molar-refractivity contribution in [2.45, 2.75) is 25.8 Å². The average molecular weight is 429 g/mol. The molecule has 0 radical (unpaired) electrons. The number of methoxy groups -OCH3 is 1. The first kappa shape index (κ1) is 21.7. The van der Waals surface area contributed by atoms with Crippen molar-refractivity contribution in [3.8, 4) is 5.75 Å². The maximum absolute atomic E-state index is 12.8. The lowest BCUT2D eigenvalue weighted by Crippen LogP contribution is -2.92. The van der Waals surface area contributed by atoms with Crippen molar-refractivity contribution in [2.75, 3.05) is 19.0 Å². The number of para-hydroxylation sites is 1. The molecule has 4 aromatic rings. The summed E-state index contributed by atoms with van der Waals surface area (Å²) in [6.45, 7) is 4.73. The van der Waals surface area contributed by atoms with E-state index in [9.17, 15) is 4.79 Å². The lowest BCUT2D eigenvalue weighted by Gasteiger charge is -2.19. The Labute approximate surface area is 188 Å². The lowest BCUT2D eigenvalue weighted by molar-refractivity contribution is -0.674. The second-order valence-electron chi connectivity index (χ2n) is 8.23. The smallest absolute Gasteiger partial charge is 0.282 e. The van der Waals surface area contributed by atoms with Crippen LogP contribution in [-0.2, 0) is 4.79 Å². The molecule has 4 N–H and O–H groups in total. The highest BCUT2D eigenvalue weighted by Gasteiger charge is 2.23. The van der Waals surface area contributed by atoms with Crippen LogP contribution in [0.25, 0.3) is 10.9 Å². The summed E-state index contributed by atoms with van der Waals surface area (Å²) in [4.78, 5) is 16.2.